The Morgan fingerprint density at radius 1 is 1.53 bits per heavy atom. The summed E-state index contributed by atoms with van der Waals surface area (Å²) >= 11 is 1.63. The number of hydrogen-bond donors (Lipinski definition) is 1. The first kappa shape index (κ1) is 13.7. The van der Waals surface area contributed by atoms with Gasteiger partial charge >= 0.3 is 0 Å². The Bertz CT molecular complexity index is 546. The molecule has 1 amide bonds. The van der Waals surface area contributed by atoms with Crippen molar-refractivity contribution >= 4 is 27.5 Å². The molecule has 5 heteroatoms. The van der Waals surface area contributed by atoms with Crippen molar-refractivity contribution in [1.82, 2.24) is 15.2 Å². The maximum atomic E-state index is 11.8. The first-order chi connectivity index (χ1) is 9.20. The fourth-order valence-corrected chi connectivity index (χ4v) is 2.72. The van der Waals surface area contributed by atoms with Crippen LogP contribution < -0.4 is 5.32 Å². The minimum Gasteiger partial charge on any atom is -0.338 e. The van der Waals surface area contributed by atoms with Crippen molar-refractivity contribution < 1.29 is 4.79 Å². The molecule has 0 saturated heterocycles. The average Bonchev–Trinajstić information content (AvgIpc) is 2.80. The van der Waals surface area contributed by atoms with E-state index >= 15 is 0 Å². The second kappa shape index (κ2) is 6.45. The van der Waals surface area contributed by atoms with Gasteiger partial charge in [0.05, 0.1) is 23.3 Å². The highest BCUT2D eigenvalue weighted by Gasteiger charge is 2.11. The Balaban J connectivity index is 1.96. The standard InChI is InChI=1S/C14H17N3OS/c1-3-8-15-9-14(18)17(2)10-13-16-11-6-4-5-7-12(11)19-13/h3-7,15H,1,8-10H2,2H3. The van der Waals surface area contributed by atoms with Crippen molar-refractivity contribution in [1.29, 1.82) is 0 Å². The third kappa shape index (κ3) is 3.62. The van der Waals surface area contributed by atoms with Crippen LogP contribution in [-0.4, -0.2) is 35.9 Å². The van der Waals surface area contributed by atoms with Gasteiger partial charge in [-0.15, -0.1) is 17.9 Å². The summed E-state index contributed by atoms with van der Waals surface area (Å²) in [6.07, 6.45) is 1.74. The van der Waals surface area contributed by atoms with Gasteiger partial charge in [0.25, 0.3) is 0 Å². The van der Waals surface area contributed by atoms with E-state index in [1.165, 1.54) is 0 Å². The lowest BCUT2D eigenvalue weighted by Gasteiger charge is -2.15. The quantitative estimate of drug-likeness (QED) is 0.648. The molecule has 19 heavy (non-hydrogen) atoms. The first-order valence-electron chi connectivity index (χ1n) is 6.10. The summed E-state index contributed by atoms with van der Waals surface area (Å²) in [7, 11) is 1.80. The number of carbonyl (C=O) groups is 1. The summed E-state index contributed by atoms with van der Waals surface area (Å²) in [5.41, 5.74) is 0.994. The van der Waals surface area contributed by atoms with Gasteiger partial charge in [0, 0.05) is 13.6 Å². The summed E-state index contributed by atoms with van der Waals surface area (Å²) in [5, 5.41) is 3.96. The van der Waals surface area contributed by atoms with Gasteiger partial charge in [0.15, 0.2) is 0 Å². The highest BCUT2D eigenvalue weighted by atomic mass is 32.1. The second-order valence-electron chi connectivity index (χ2n) is 4.24. The molecule has 0 saturated carbocycles. The van der Waals surface area contributed by atoms with E-state index in [0.717, 1.165) is 15.2 Å². The molecule has 2 rings (SSSR count). The van der Waals surface area contributed by atoms with Crippen LogP contribution in [0.3, 0.4) is 0 Å². The maximum absolute atomic E-state index is 11.8. The maximum Gasteiger partial charge on any atom is 0.236 e. The van der Waals surface area contributed by atoms with Crippen molar-refractivity contribution in [3.8, 4) is 0 Å². The highest BCUT2D eigenvalue weighted by Crippen LogP contribution is 2.22. The highest BCUT2D eigenvalue weighted by molar-refractivity contribution is 7.18. The SMILES string of the molecule is C=CCNCC(=O)N(C)Cc1nc2ccccc2s1. The molecule has 0 radical (unpaired) electrons. The number of fused-ring (bicyclic) bond motifs is 1. The molecule has 0 fully saturated rings. The molecule has 1 N–H and O–H groups in total. The van der Waals surface area contributed by atoms with Crippen LogP contribution in [0.25, 0.3) is 10.2 Å². The molecule has 0 aliphatic rings. The summed E-state index contributed by atoms with van der Waals surface area (Å²) in [5.74, 6) is 0.0566. The average molecular weight is 275 g/mol. The predicted octanol–water partition coefficient (Wildman–Crippen LogP) is 2.03. The van der Waals surface area contributed by atoms with E-state index in [0.29, 0.717) is 19.6 Å². The summed E-state index contributed by atoms with van der Waals surface area (Å²) in [6.45, 7) is 5.11. The Kier molecular flexibility index (Phi) is 4.65. The number of carbonyl (C=O) groups excluding carboxylic acids is 1. The molecule has 1 heterocycles. The van der Waals surface area contributed by atoms with Gasteiger partial charge in [-0.2, -0.15) is 0 Å². The van der Waals surface area contributed by atoms with Gasteiger partial charge in [0.1, 0.15) is 5.01 Å². The molecular weight excluding hydrogens is 258 g/mol. The molecule has 0 bridgehead atoms. The van der Waals surface area contributed by atoms with Gasteiger partial charge in [-0.05, 0) is 12.1 Å². The molecule has 0 unspecified atom stereocenters. The Hall–Kier alpha value is -1.72. The molecule has 1 aromatic heterocycles. The van der Waals surface area contributed by atoms with Crippen molar-refractivity contribution in [3.63, 3.8) is 0 Å². The Morgan fingerprint density at radius 2 is 2.32 bits per heavy atom. The number of rotatable bonds is 6. The van der Waals surface area contributed by atoms with E-state index in [9.17, 15) is 4.79 Å². The zero-order valence-corrected chi connectivity index (χ0v) is 11.7. The number of hydrogen-bond acceptors (Lipinski definition) is 4. The van der Waals surface area contributed by atoms with Crippen molar-refractivity contribution in [2.45, 2.75) is 6.54 Å². The zero-order chi connectivity index (χ0) is 13.7. The molecule has 0 spiro atoms. The fraction of sp³-hybridized carbons (Fsp3) is 0.286. The number of aromatic nitrogens is 1. The van der Waals surface area contributed by atoms with Crippen LogP contribution in [-0.2, 0) is 11.3 Å². The number of likely N-dealkylation sites (N-methyl/N-ethyl adjacent to an activating group) is 1. The van der Waals surface area contributed by atoms with Gasteiger partial charge in [-0.25, -0.2) is 4.98 Å². The van der Waals surface area contributed by atoms with Crippen molar-refractivity contribution in [2.24, 2.45) is 0 Å². The monoisotopic (exact) mass is 275 g/mol. The first-order valence-corrected chi connectivity index (χ1v) is 6.92. The zero-order valence-electron chi connectivity index (χ0n) is 10.9. The lowest BCUT2D eigenvalue weighted by molar-refractivity contribution is -0.129. The van der Waals surface area contributed by atoms with Crippen molar-refractivity contribution in [2.75, 3.05) is 20.1 Å². The fourth-order valence-electron chi connectivity index (χ4n) is 1.69. The van der Waals surface area contributed by atoms with Crippen LogP contribution in [0, 0.1) is 0 Å². The number of nitrogens with zero attached hydrogens (tertiary/aromatic N) is 2. The van der Waals surface area contributed by atoms with Gasteiger partial charge in [-0.1, -0.05) is 18.2 Å². The topological polar surface area (TPSA) is 45.2 Å². The Labute approximate surface area is 116 Å². The third-order valence-electron chi connectivity index (χ3n) is 2.70. The molecular formula is C14H17N3OS. The largest absolute Gasteiger partial charge is 0.338 e. The molecule has 100 valence electrons. The van der Waals surface area contributed by atoms with Gasteiger partial charge in [0.2, 0.25) is 5.91 Å². The lowest BCUT2D eigenvalue weighted by atomic mass is 10.3. The van der Waals surface area contributed by atoms with Crippen LogP contribution in [0.4, 0.5) is 0 Å². The number of benzene rings is 1. The summed E-state index contributed by atoms with van der Waals surface area (Å²) in [6, 6.07) is 8.00. The van der Waals surface area contributed by atoms with Crippen molar-refractivity contribution in [3.05, 3.63) is 41.9 Å². The smallest absolute Gasteiger partial charge is 0.236 e. The molecule has 0 aliphatic carbocycles. The molecule has 4 nitrogen and oxygen atoms in total. The van der Waals surface area contributed by atoms with E-state index in [4.69, 9.17) is 0 Å². The van der Waals surface area contributed by atoms with Gasteiger partial charge < -0.3 is 10.2 Å². The van der Waals surface area contributed by atoms with Crippen LogP contribution in [0.1, 0.15) is 5.01 Å². The van der Waals surface area contributed by atoms with Crippen LogP contribution in [0.15, 0.2) is 36.9 Å². The molecule has 2 aromatic rings. The van der Waals surface area contributed by atoms with E-state index in [-0.39, 0.29) is 5.91 Å². The number of nitrogens with one attached hydrogen (secondary N) is 1. The number of amides is 1. The number of para-hydroxylation sites is 1. The second-order valence-corrected chi connectivity index (χ2v) is 5.36. The van der Waals surface area contributed by atoms with E-state index in [2.05, 4.69) is 16.9 Å². The van der Waals surface area contributed by atoms with Crippen LogP contribution in [0.2, 0.25) is 0 Å². The minimum atomic E-state index is 0.0566. The van der Waals surface area contributed by atoms with E-state index in [1.807, 2.05) is 24.3 Å². The van der Waals surface area contributed by atoms with Crippen LogP contribution in [0.5, 0.6) is 0 Å². The third-order valence-corrected chi connectivity index (χ3v) is 3.72. The normalized spacial score (nSPS) is 10.6. The molecule has 0 aliphatic heterocycles. The summed E-state index contributed by atoms with van der Waals surface area (Å²) in [4.78, 5) is 18.1. The Morgan fingerprint density at radius 3 is 3.05 bits per heavy atom. The van der Waals surface area contributed by atoms with Gasteiger partial charge in [-0.3, -0.25) is 4.79 Å². The van der Waals surface area contributed by atoms with E-state index in [1.54, 1.807) is 29.4 Å². The summed E-state index contributed by atoms with van der Waals surface area (Å²) < 4.78 is 1.16. The van der Waals surface area contributed by atoms with Crippen LogP contribution >= 0.6 is 11.3 Å². The predicted molar refractivity (Wildman–Crippen MR) is 79.2 cm³/mol. The molecule has 0 atom stereocenters. The molecule has 1 aromatic carbocycles. The lowest BCUT2D eigenvalue weighted by Crippen LogP contribution is -2.35. The minimum absolute atomic E-state index is 0.0566. The van der Waals surface area contributed by atoms with E-state index < -0.39 is 0 Å². The number of thiazole rings is 1.